The topological polar surface area (TPSA) is 12.5 Å². The molecule has 15 rings (SSSR count). The lowest BCUT2D eigenvalue weighted by molar-refractivity contribution is 0.488. The maximum absolute atomic E-state index is 9.90. The molecule has 3 aliphatic rings. The second-order valence-corrected chi connectivity index (χ2v) is 18.8. The van der Waals surface area contributed by atoms with Gasteiger partial charge in [0.2, 0.25) is 0 Å². The number of ether oxygens (including phenoxy) is 1. The first-order chi connectivity index (χ1) is 46.0. The van der Waals surface area contributed by atoms with Crippen LogP contribution in [0.1, 0.15) is 49.7 Å². The summed E-state index contributed by atoms with van der Waals surface area (Å²) in [7, 11) is 0. The average Bonchev–Trinajstić information content (AvgIpc) is 1.38. The number of rotatable bonds is 8. The van der Waals surface area contributed by atoms with Crippen molar-refractivity contribution in [1.29, 1.82) is 0 Å². The second-order valence-electron chi connectivity index (χ2n) is 18.8. The van der Waals surface area contributed by atoms with Crippen molar-refractivity contribution in [2.24, 2.45) is 0 Å². The Balaban J connectivity index is 1.13. The van der Waals surface area contributed by atoms with Crippen LogP contribution in [0.4, 0.5) is 17.1 Å². The van der Waals surface area contributed by atoms with Crippen LogP contribution in [-0.2, 0) is 5.41 Å². The summed E-state index contributed by atoms with van der Waals surface area (Å²) in [6.07, 6.45) is 0. The summed E-state index contributed by atoms with van der Waals surface area (Å²) in [6, 6.07) is 39.4. The fraction of sp³-hybridized carbons (Fsp3) is 0.0137. The normalized spacial score (nSPS) is 16.8. The molecule has 0 N–H and O–H groups in total. The van der Waals surface area contributed by atoms with Crippen LogP contribution in [0.5, 0.6) is 11.5 Å². The van der Waals surface area contributed by atoms with Crippen molar-refractivity contribution in [3.8, 4) is 78.3 Å². The minimum absolute atomic E-state index is 0.0738. The molecule has 76 heavy (non-hydrogen) atoms. The van der Waals surface area contributed by atoms with Crippen LogP contribution in [0, 0.1) is 0 Å². The molecule has 2 aliphatic heterocycles. The van der Waals surface area contributed by atoms with E-state index in [-0.39, 0.29) is 56.0 Å². The van der Waals surface area contributed by atoms with Crippen LogP contribution in [0.2, 0.25) is 0 Å². The zero-order chi connectivity index (χ0) is 67.6. The number of nitrogens with zero attached hydrogens (tertiary/aromatic N) is 1. The molecule has 0 bridgehead atoms. The molecule has 0 amide bonds. The van der Waals surface area contributed by atoms with Crippen LogP contribution in [0.15, 0.2) is 291 Å². The maximum Gasteiger partial charge on any atom is 0.256 e. The van der Waals surface area contributed by atoms with E-state index in [0.29, 0.717) is 55.7 Å². The largest absolute Gasteiger partial charge is 0.458 e. The van der Waals surface area contributed by atoms with E-state index in [1.54, 1.807) is 78.9 Å². The third-order valence-corrected chi connectivity index (χ3v) is 14.9. The summed E-state index contributed by atoms with van der Waals surface area (Å²) in [5, 5.41) is 0. The smallest absolute Gasteiger partial charge is 0.256 e. The molecule has 12 aromatic carbocycles. The van der Waals surface area contributed by atoms with Crippen LogP contribution >= 0.6 is 0 Å². The quantitative estimate of drug-likeness (QED) is 0.141. The Morgan fingerprint density at radius 2 is 0.842 bits per heavy atom. The molecule has 2 heterocycles. The molecular weight excluding hydrogens is 918 g/mol. The Morgan fingerprint density at radius 1 is 0.355 bits per heavy atom. The van der Waals surface area contributed by atoms with Gasteiger partial charge in [0, 0.05) is 22.5 Å². The van der Waals surface area contributed by atoms with Gasteiger partial charge in [-0.15, -0.1) is 0 Å². The summed E-state index contributed by atoms with van der Waals surface area (Å²) in [4.78, 5) is 2.06. The highest BCUT2D eigenvalue weighted by Crippen LogP contribution is 2.59. The molecule has 354 valence electrons. The van der Waals surface area contributed by atoms with E-state index in [4.69, 9.17) is 18.4 Å². The van der Waals surface area contributed by atoms with Gasteiger partial charge in [0.25, 0.3) is 6.71 Å². The maximum atomic E-state index is 9.90. The summed E-state index contributed by atoms with van der Waals surface area (Å²) in [5.41, 5.74) is 5.69. The lowest BCUT2D eigenvalue weighted by atomic mass is 9.34. The summed E-state index contributed by atoms with van der Waals surface area (Å²) >= 11 is 0. The van der Waals surface area contributed by atoms with Gasteiger partial charge in [-0.05, 0) is 119 Å². The number of anilines is 3. The number of fused-ring (bicyclic) bond motifs is 7. The predicted molar refractivity (Wildman–Crippen MR) is 317 cm³/mol. The first-order valence-electron chi connectivity index (χ1n) is 34.7. The van der Waals surface area contributed by atoms with Crippen molar-refractivity contribution in [3.05, 3.63) is 313 Å². The van der Waals surface area contributed by atoms with Gasteiger partial charge >= 0.3 is 0 Å². The second kappa shape index (κ2) is 17.8. The Morgan fingerprint density at radius 3 is 1.46 bits per heavy atom. The first-order valence-corrected chi connectivity index (χ1v) is 24.7. The van der Waals surface area contributed by atoms with Crippen molar-refractivity contribution >= 4 is 40.2 Å². The van der Waals surface area contributed by atoms with Crippen molar-refractivity contribution in [1.82, 2.24) is 0 Å². The number of hydrogen-bond acceptors (Lipinski definition) is 2. The fourth-order valence-electron chi connectivity index (χ4n) is 11.8. The Kier molecular flexibility index (Phi) is 6.57. The molecule has 0 fully saturated rings. The Labute approximate surface area is 472 Å². The number of benzene rings is 12. The summed E-state index contributed by atoms with van der Waals surface area (Å²) in [5.74, 6) is 0.438. The minimum atomic E-state index is -2.29. The van der Waals surface area contributed by atoms with Crippen molar-refractivity contribution in [2.45, 2.75) is 5.41 Å². The lowest BCUT2D eigenvalue weighted by Crippen LogP contribution is -2.59. The summed E-state index contributed by atoms with van der Waals surface area (Å²) < 4.78 is 191. The molecular formula is C73H48BNO. The van der Waals surface area contributed by atoms with E-state index >= 15 is 0 Å². The van der Waals surface area contributed by atoms with Gasteiger partial charge in [-0.2, -0.15) is 0 Å². The molecule has 0 radical (unpaired) electrons. The number of hydrogen-bond donors (Lipinski definition) is 0. The van der Waals surface area contributed by atoms with E-state index in [2.05, 4.69) is 4.90 Å². The third kappa shape index (κ3) is 6.76. The highest BCUT2D eigenvalue weighted by molar-refractivity contribution is 6.99. The molecule has 2 nitrogen and oxygen atoms in total. The molecule has 0 saturated heterocycles. The van der Waals surface area contributed by atoms with Crippen LogP contribution in [0.3, 0.4) is 0 Å². The van der Waals surface area contributed by atoms with Gasteiger partial charge < -0.3 is 9.64 Å². The molecule has 0 aromatic heterocycles. The van der Waals surface area contributed by atoms with Crippen molar-refractivity contribution < 1.29 is 32.2 Å². The van der Waals surface area contributed by atoms with Crippen LogP contribution in [0.25, 0.3) is 66.8 Å². The summed E-state index contributed by atoms with van der Waals surface area (Å²) in [6.45, 7) is -0.798. The van der Waals surface area contributed by atoms with E-state index < -0.39 is 133 Å². The fourth-order valence-corrected chi connectivity index (χ4v) is 11.8. The van der Waals surface area contributed by atoms with Crippen molar-refractivity contribution in [2.75, 3.05) is 4.90 Å². The first kappa shape index (κ1) is 28.1. The SMILES string of the molecule is [2H]c1c([2H])c([2H])c(-c2ccc3c(c2)Oc2cc(-c4cccc5c4C(c4c([2H])c([2H])c([2H])c([2H])c4[2H])(c4c([2H])c([2H])c([2H])c([2H])c4[2H])c4ccccc4-5)cc4c2B3c2ccc(-c3c([2H])c([2H])c([2H])c([2H])c3[2H])cc2N4c2c(-c3ccccc3)cccc2-c2ccccc2)c([2H])c1[2H]. The van der Waals surface area contributed by atoms with Gasteiger partial charge in [-0.1, -0.05) is 266 Å². The molecule has 0 saturated carbocycles. The van der Waals surface area contributed by atoms with E-state index in [9.17, 15) is 13.7 Å². The van der Waals surface area contributed by atoms with Gasteiger partial charge in [0.15, 0.2) is 0 Å². The molecule has 0 spiro atoms. The van der Waals surface area contributed by atoms with Crippen LogP contribution in [-0.4, -0.2) is 6.71 Å². The minimum Gasteiger partial charge on any atom is -0.458 e. The van der Waals surface area contributed by atoms with E-state index in [0.717, 1.165) is 22.3 Å². The molecule has 0 atom stereocenters. The standard InChI is InChI=1S/C73H48BNO/c1-7-23-49(24-8-1)53-41-43-64-66(45-53)75(72-59(51-27-11-3-12-28-51)37-22-38-60(72)52-29-13-4-14-30-52)67-46-55(48-69-71(67)74(64)65-44-42-54(47-68(65)76-69)50-25-9-2-10-26-50)58-36-21-39-62-61-35-19-20-40-63(61)73(70(58)62,56-31-15-5-16-32-56)57-33-17-6-18-34-57/h1-48H/i1D,2D,5D,6D,7D,8D,9D,10D,15D,16D,17D,18D,23D,24D,25D,26D,31D,32D,33D,34D. The lowest BCUT2D eigenvalue weighted by Gasteiger charge is -2.42. The highest BCUT2D eigenvalue weighted by Gasteiger charge is 2.49. The average molecular weight is 986 g/mol. The van der Waals surface area contributed by atoms with Gasteiger partial charge in [-0.25, -0.2) is 0 Å². The number of para-hydroxylation sites is 1. The highest BCUT2D eigenvalue weighted by atomic mass is 16.5. The Hall–Kier alpha value is -9.70. The zero-order valence-corrected chi connectivity index (χ0v) is 40.1. The van der Waals surface area contributed by atoms with Gasteiger partial charge in [0.05, 0.1) is 38.5 Å². The molecule has 3 heteroatoms. The van der Waals surface area contributed by atoms with E-state index in [1.807, 2.05) is 91.0 Å². The third-order valence-electron chi connectivity index (χ3n) is 14.9. The molecule has 0 unspecified atom stereocenters. The molecule has 1 aliphatic carbocycles. The van der Waals surface area contributed by atoms with Crippen molar-refractivity contribution in [3.63, 3.8) is 0 Å². The van der Waals surface area contributed by atoms with Crippen LogP contribution < -0.4 is 26.0 Å². The van der Waals surface area contributed by atoms with E-state index in [1.165, 1.54) is 0 Å². The van der Waals surface area contributed by atoms with Gasteiger partial charge in [0.1, 0.15) is 11.5 Å². The monoisotopic (exact) mass is 986 g/mol. The predicted octanol–water partition coefficient (Wildman–Crippen LogP) is 16.8. The van der Waals surface area contributed by atoms with Gasteiger partial charge in [-0.3, -0.25) is 0 Å². The Bertz CT molecular complexity index is 5190. The molecule has 12 aromatic rings. The zero-order valence-electron chi connectivity index (χ0n) is 60.1.